The highest BCUT2D eigenvalue weighted by atomic mass is 32.2. The lowest BCUT2D eigenvalue weighted by Crippen LogP contribution is -2.34. The van der Waals surface area contributed by atoms with Crippen LogP contribution in [0, 0.1) is 12.8 Å². The largest absolute Gasteiger partial charge is 0.356 e. The molecule has 0 unspecified atom stereocenters. The molecule has 0 N–H and O–H groups in total. The van der Waals surface area contributed by atoms with Gasteiger partial charge in [0.1, 0.15) is 12.1 Å². The lowest BCUT2D eigenvalue weighted by atomic mass is 9.89. The Bertz CT molecular complexity index is 916. The summed E-state index contributed by atoms with van der Waals surface area (Å²) in [6.07, 6.45) is 8.81. The number of nitrogens with zero attached hydrogens (tertiary/aromatic N) is 3. The molecule has 140 valence electrons. The molecule has 1 aromatic heterocycles. The van der Waals surface area contributed by atoms with E-state index in [1.165, 1.54) is 47.1 Å². The number of anilines is 1. The summed E-state index contributed by atoms with van der Waals surface area (Å²) in [5, 5.41) is 1.18. The summed E-state index contributed by atoms with van der Waals surface area (Å²) in [4.78, 5) is 12.8. The van der Waals surface area contributed by atoms with Crippen molar-refractivity contribution in [2.45, 2.75) is 37.5 Å². The van der Waals surface area contributed by atoms with Crippen molar-refractivity contribution in [3.8, 4) is 0 Å². The maximum atomic E-state index is 4.64. The summed E-state index contributed by atoms with van der Waals surface area (Å²) in [7, 11) is 0. The number of benzene rings is 2. The molecular formula is C23H27N3S. The maximum absolute atomic E-state index is 4.64. The molecule has 0 spiro atoms. The molecular weight excluding hydrogens is 350 g/mol. The van der Waals surface area contributed by atoms with Gasteiger partial charge in [0.05, 0.1) is 5.52 Å². The van der Waals surface area contributed by atoms with Crippen LogP contribution < -0.4 is 4.90 Å². The minimum atomic E-state index is 0.815. The number of thioether (sulfide) groups is 1. The average molecular weight is 378 g/mol. The second-order valence-electron chi connectivity index (χ2n) is 7.48. The first-order valence-corrected chi connectivity index (χ1v) is 11.1. The molecule has 0 aliphatic carbocycles. The first kappa shape index (κ1) is 18.3. The van der Waals surface area contributed by atoms with Gasteiger partial charge in [-0.2, -0.15) is 0 Å². The maximum Gasteiger partial charge on any atom is 0.139 e. The Morgan fingerprint density at radius 1 is 1.07 bits per heavy atom. The number of aromatic nitrogens is 2. The molecule has 1 saturated heterocycles. The van der Waals surface area contributed by atoms with Gasteiger partial charge in [-0.05, 0) is 74.1 Å². The smallest absolute Gasteiger partial charge is 0.139 e. The minimum absolute atomic E-state index is 0.815. The van der Waals surface area contributed by atoms with Gasteiger partial charge in [-0.1, -0.05) is 24.3 Å². The SMILES string of the molecule is CSc1ccc2ncnc(N3CCC(CCc4ccccc4C)CC3)c2c1. The summed E-state index contributed by atoms with van der Waals surface area (Å²) in [5.74, 6) is 1.92. The zero-order valence-electron chi connectivity index (χ0n) is 16.2. The number of fused-ring (bicyclic) bond motifs is 1. The van der Waals surface area contributed by atoms with Gasteiger partial charge in [-0.15, -0.1) is 11.8 Å². The molecule has 0 radical (unpaired) electrons. The number of piperidine rings is 1. The standard InChI is InChI=1S/C23H27N3S/c1-17-5-3-4-6-19(17)8-7-18-11-13-26(14-12-18)23-21-15-20(27-2)9-10-22(21)24-16-25-23/h3-6,9-10,15-16,18H,7-8,11-14H2,1-2H3. The van der Waals surface area contributed by atoms with Gasteiger partial charge in [-0.3, -0.25) is 0 Å². The van der Waals surface area contributed by atoms with Crippen LogP contribution in [0.2, 0.25) is 0 Å². The number of aryl methyl sites for hydroxylation is 2. The van der Waals surface area contributed by atoms with Crippen LogP contribution in [0.25, 0.3) is 10.9 Å². The summed E-state index contributed by atoms with van der Waals surface area (Å²) in [6.45, 7) is 4.41. The Morgan fingerprint density at radius 2 is 1.89 bits per heavy atom. The van der Waals surface area contributed by atoms with Crippen molar-refractivity contribution in [1.82, 2.24) is 9.97 Å². The Hall–Kier alpha value is -2.07. The molecule has 0 atom stereocenters. The summed E-state index contributed by atoms with van der Waals surface area (Å²) in [6, 6.07) is 15.3. The van der Waals surface area contributed by atoms with Gasteiger partial charge >= 0.3 is 0 Å². The monoisotopic (exact) mass is 377 g/mol. The number of hydrogen-bond donors (Lipinski definition) is 0. The first-order valence-electron chi connectivity index (χ1n) is 9.83. The topological polar surface area (TPSA) is 29.0 Å². The van der Waals surface area contributed by atoms with Crippen LogP contribution >= 0.6 is 11.8 Å². The van der Waals surface area contributed by atoms with Gasteiger partial charge in [0, 0.05) is 23.4 Å². The van der Waals surface area contributed by atoms with E-state index in [4.69, 9.17) is 0 Å². The van der Waals surface area contributed by atoms with Crippen LogP contribution in [0.1, 0.15) is 30.4 Å². The highest BCUT2D eigenvalue weighted by Crippen LogP contribution is 2.31. The zero-order chi connectivity index (χ0) is 18.6. The van der Waals surface area contributed by atoms with E-state index in [-0.39, 0.29) is 0 Å². The second kappa shape index (κ2) is 8.30. The molecule has 0 saturated carbocycles. The van der Waals surface area contributed by atoms with Crippen LogP contribution in [-0.4, -0.2) is 29.3 Å². The third kappa shape index (κ3) is 4.11. The predicted molar refractivity (Wildman–Crippen MR) is 116 cm³/mol. The van der Waals surface area contributed by atoms with E-state index >= 15 is 0 Å². The molecule has 2 aromatic carbocycles. The van der Waals surface area contributed by atoms with Crippen LogP contribution in [0.3, 0.4) is 0 Å². The van der Waals surface area contributed by atoms with Crippen LogP contribution in [0.5, 0.6) is 0 Å². The van der Waals surface area contributed by atoms with Gasteiger partial charge in [-0.25, -0.2) is 9.97 Å². The number of hydrogen-bond acceptors (Lipinski definition) is 4. The van der Waals surface area contributed by atoms with Crippen LogP contribution in [-0.2, 0) is 6.42 Å². The Kier molecular flexibility index (Phi) is 5.63. The zero-order valence-corrected chi connectivity index (χ0v) is 17.0. The van der Waals surface area contributed by atoms with Crippen molar-refractivity contribution in [2.24, 2.45) is 5.92 Å². The van der Waals surface area contributed by atoms with E-state index in [0.717, 1.165) is 30.3 Å². The molecule has 3 nitrogen and oxygen atoms in total. The third-order valence-electron chi connectivity index (χ3n) is 5.82. The van der Waals surface area contributed by atoms with Crippen molar-refractivity contribution in [2.75, 3.05) is 24.2 Å². The lowest BCUT2D eigenvalue weighted by molar-refractivity contribution is 0.381. The van der Waals surface area contributed by atoms with Gasteiger partial charge in [0.25, 0.3) is 0 Å². The summed E-state index contributed by atoms with van der Waals surface area (Å²) < 4.78 is 0. The Balaban J connectivity index is 1.42. The second-order valence-corrected chi connectivity index (χ2v) is 8.36. The predicted octanol–water partition coefficient (Wildman–Crippen LogP) is 5.51. The molecule has 1 fully saturated rings. The molecule has 1 aliphatic rings. The molecule has 3 aromatic rings. The lowest BCUT2D eigenvalue weighted by Gasteiger charge is -2.33. The van der Waals surface area contributed by atoms with Crippen molar-refractivity contribution in [3.05, 3.63) is 59.9 Å². The van der Waals surface area contributed by atoms with Crippen LogP contribution in [0.15, 0.2) is 53.7 Å². The molecule has 1 aliphatic heterocycles. The van der Waals surface area contributed by atoms with E-state index in [1.54, 1.807) is 18.1 Å². The van der Waals surface area contributed by atoms with Gasteiger partial charge < -0.3 is 4.90 Å². The highest BCUT2D eigenvalue weighted by molar-refractivity contribution is 7.98. The van der Waals surface area contributed by atoms with E-state index in [0.29, 0.717) is 0 Å². The van der Waals surface area contributed by atoms with Crippen molar-refractivity contribution < 1.29 is 0 Å². The fraction of sp³-hybridized carbons (Fsp3) is 0.391. The summed E-state index contributed by atoms with van der Waals surface area (Å²) in [5.41, 5.74) is 3.97. The van der Waals surface area contributed by atoms with Crippen LogP contribution in [0.4, 0.5) is 5.82 Å². The third-order valence-corrected chi connectivity index (χ3v) is 6.54. The number of rotatable bonds is 5. The van der Waals surface area contributed by atoms with Crippen molar-refractivity contribution in [1.29, 1.82) is 0 Å². The summed E-state index contributed by atoms with van der Waals surface area (Å²) >= 11 is 1.77. The molecule has 4 rings (SSSR count). The molecule has 4 heteroatoms. The van der Waals surface area contributed by atoms with Gasteiger partial charge in [0.2, 0.25) is 0 Å². The molecule has 0 amide bonds. The minimum Gasteiger partial charge on any atom is -0.356 e. The van der Waals surface area contributed by atoms with Crippen molar-refractivity contribution in [3.63, 3.8) is 0 Å². The highest BCUT2D eigenvalue weighted by Gasteiger charge is 2.21. The molecule has 27 heavy (non-hydrogen) atoms. The fourth-order valence-electron chi connectivity index (χ4n) is 4.08. The Morgan fingerprint density at radius 3 is 2.67 bits per heavy atom. The van der Waals surface area contributed by atoms with E-state index < -0.39 is 0 Å². The van der Waals surface area contributed by atoms with Gasteiger partial charge in [0.15, 0.2) is 0 Å². The van der Waals surface area contributed by atoms with E-state index in [9.17, 15) is 0 Å². The quantitative estimate of drug-likeness (QED) is 0.548. The average Bonchev–Trinajstić information content (AvgIpc) is 2.73. The Labute approximate surface area is 166 Å². The van der Waals surface area contributed by atoms with E-state index in [1.807, 2.05) is 0 Å². The molecule has 0 bridgehead atoms. The normalized spacial score (nSPS) is 15.4. The first-order chi connectivity index (χ1) is 13.2. The molecule has 2 heterocycles. The fourth-order valence-corrected chi connectivity index (χ4v) is 4.52. The van der Waals surface area contributed by atoms with E-state index in [2.05, 4.69) is 70.5 Å². The van der Waals surface area contributed by atoms with Crippen molar-refractivity contribution >= 4 is 28.5 Å².